The lowest BCUT2D eigenvalue weighted by Gasteiger charge is -1.79. The van der Waals surface area contributed by atoms with Crippen LogP contribution in [0.3, 0.4) is 0 Å². The molecule has 0 aliphatic heterocycles. The predicted octanol–water partition coefficient (Wildman–Crippen LogP) is -3.04. The highest BCUT2D eigenvalue weighted by atomic mass is 35.5. The quantitative estimate of drug-likeness (QED) is 0.313. The first-order valence-corrected chi connectivity index (χ1v) is 2.93. The Morgan fingerprint density at radius 2 is 2.12 bits per heavy atom. The van der Waals surface area contributed by atoms with Crippen molar-refractivity contribution in [2.24, 2.45) is 0 Å². The maximum atomic E-state index is 3.12. The average molecular weight is 136 g/mol. The zero-order chi connectivity index (χ0) is 5.54. The fourth-order valence-electron chi connectivity index (χ4n) is 0.423. The third-order valence-electron chi connectivity index (χ3n) is 0.879. The van der Waals surface area contributed by atoms with Crippen molar-refractivity contribution in [1.82, 2.24) is 0 Å². The molecule has 0 aromatic rings. The zero-order valence-electron chi connectivity index (χ0n) is 5.58. The molecule has 0 saturated heterocycles. The summed E-state index contributed by atoms with van der Waals surface area (Å²) in [6.07, 6.45) is 4.54. The summed E-state index contributed by atoms with van der Waals surface area (Å²) in [7, 11) is 0. The van der Waals surface area contributed by atoms with Gasteiger partial charge in [-0.25, -0.2) is 0 Å². The Morgan fingerprint density at radius 1 is 1.50 bits per heavy atom. The van der Waals surface area contributed by atoms with E-state index in [1.165, 1.54) is 12.8 Å². The first-order chi connectivity index (χ1) is 3.41. The van der Waals surface area contributed by atoms with Crippen LogP contribution in [0.2, 0.25) is 0 Å². The van der Waals surface area contributed by atoms with E-state index >= 15 is 0 Å². The fourth-order valence-corrected chi connectivity index (χ4v) is 0.423. The Morgan fingerprint density at radius 3 is 2.50 bits per heavy atom. The fraction of sp³-hybridized carbons (Fsp3) is 0.833. The molecule has 0 heterocycles. The molecule has 0 radical (unpaired) electrons. The number of halogens is 1. The van der Waals surface area contributed by atoms with Crippen molar-refractivity contribution >= 4 is 6.21 Å². The second-order valence-electron chi connectivity index (χ2n) is 1.60. The van der Waals surface area contributed by atoms with Crippen molar-refractivity contribution < 1.29 is 17.4 Å². The van der Waals surface area contributed by atoms with Crippen LogP contribution in [0.15, 0.2) is 0 Å². The van der Waals surface area contributed by atoms with E-state index in [9.17, 15) is 0 Å². The maximum absolute atomic E-state index is 3.12. The van der Waals surface area contributed by atoms with Crippen molar-refractivity contribution in [1.29, 1.82) is 0 Å². The van der Waals surface area contributed by atoms with Crippen LogP contribution in [0.4, 0.5) is 0 Å². The van der Waals surface area contributed by atoms with E-state index in [4.69, 9.17) is 0 Å². The Hall–Kier alpha value is -0.0400. The van der Waals surface area contributed by atoms with Gasteiger partial charge in [0.15, 0.2) is 0 Å². The molecule has 2 heteroatoms. The molecule has 0 fully saturated rings. The summed E-state index contributed by atoms with van der Waals surface area (Å²) in [5.74, 6) is 0. The van der Waals surface area contributed by atoms with Gasteiger partial charge in [0.25, 0.3) is 0 Å². The van der Waals surface area contributed by atoms with E-state index in [0.717, 1.165) is 6.54 Å². The summed E-state index contributed by atoms with van der Waals surface area (Å²) in [6, 6.07) is 0. The van der Waals surface area contributed by atoms with Gasteiger partial charge in [0.05, 0.1) is 0 Å². The van der Waals surface area contributed by atoms with Crippen molar-refractivity contribution in [3.05, 3.63) is 0 Å². The van der Waals surface area contributed by atoms with Gasteiger partial charge in [-0.2, -0.15) is 0 Å². The summed E-state index contributed by atoms with van der Waals surface area (Å²) in [4.78, 5) is 3.12. The molecule has 8 heavy (non-hydrogen) atoms. The average Bonchev–Trinajstić information content (AvgIpc) is 1.69. The lowest BCUT2D eigenvalue weighted by Crippen LogP contribution is -3.00. The van der Waals surface area contributed by atoms with E-state index in [1.807, 2.05) is 13.1 Å². The van der Waals surface area contributed by atoms with Crippen molar-refractivity contribution in [2.45, 2.75) is 26.7 Å². The molecule has 0 atom stereocenters. The second kappa shape index (κ2) is 10.0. The van der Waals surface area contributed by atoms with Gasteiger partial charge >= 0.3 is 0 Å². The SMILES string of the molecule is CC=[NH+]CCCC.[Cl-]. The van der Waals surface area contributed by atoms with Crippen molar-refractivity contribution in [2.75, 3.05) is 6.54 Å². The molecule has 1 N–H and O–H groups in total. The van der Waals surface area contributed by atoms with Crippen LogP contribution in [0.25, 0.3) is 0 Å². The topological polar surface area (TPSA) is 14.0 Å². The number of unbranched alkanes of at least 4 members (excludes halogenated alkanes) is 1. The van der Waals surface area contributed by atoms with Gasteiger partial charge < -0.3 is 12.4 Å². The van der Waals surface area contributed by atoms with E-state index in [0.29, 0.717) is 0 Å². The molecule has 0 amide bonds. The Kier molecular flexibility index (Phi) is 13.6. The normalized spacial score (nSPS) is 9.25. The summed E-state index contributed by atoms with van der Waals surface area (Å²) in [5.41, 5.74) is 0. The van der Waals surface area contributed by atoms with Gasteiger partial charge in [0, 0.05) is 13.3 Å². The molecule has 0 unspecified atom stereocenters. The molecular weight excluding hydrogens is 122 g/mol. The molecule has 0 aliphatic carbocycles. The second-order valence-corrected chi connectivity index (χ2v) is 1.60. The molecule has 1 nitrogen and oxygen atoms in total. The van der Waals surface area contributed by atoms with Crippen LogP contribution in [-0.2, 0) is 0 Å². The molecule has 0 aromatic carbocycles. The standard InChI is InChI=1S/C6H13N.ClH/c1-3-5-6-7-4-2;/h4H,3,5-6H2,1-2H3;1H. The highest BCUT2D eigenvalue weighted by Crippen LogP contribution is 1.76. The smallest absolute Gasteiger partial charge is 0.140 e. The van der Waals surface area contributed by atoms with Crippen LogP contribution >= 0.6 is 0 Å². The monoisotopic (exact) mass is 135 g/mol. The largest absolute Gasteiger partial charge is 1.00 e. The molecular formula is C6H14ClN. The summed E-state index contributed by atoms with van der Waals surface area (Å²) < 4.78 is 0. The first kappa shape index (κ1) is 10.9. The van der Waals surface area contributed by atoms with Gasteiger partial charge in [0.1, 0.15) is 12.8 Å². The predicted molar refractivity (Wildman–Crippen MR) is 32.5 cm³/mol. The number of hydrogen-bond donors (Lipinski definition) is 1. The minimum absolute atomic E-state index is 0. The number of nitrogens with one attached hydrogen (secondary N) is 1. The van der Waals surface area contributed by atoms with Crippen LogP contribution in [0.5, 0.6) is 0 Å². The number of rotatable bonds is 3. The maximum Gasteiger partial charge on any atom is 0.140 e. The van der Waals surface area contributed by atoms with Gasteiger partial charge in [-0.3, -0.25) is 4.99 Å². The Bertz CT molecular complexity index is 52.5. The number of hydrogen-bond acceptors (Lipinski definition) is 0. The minimum Gasteiger partial charge on any atom is -1.00 e. The molecule has 50 valence electrons. The van der Waals surface area contributed by atoms with Gasteiger partial charge in [-0.1, -0.05) is 13.3 Å². The lowest BCUT2D eigenvalue weighted by molar-refractivity contribution is -0.452. The minimum atomic E-state index is 0. The highest BCUT2D eigenvalue weighted by Gasteiger charge is 1.78. The first-order valence-electron chi connectivity index (χ1n) is 2.93. The molecule has 0 rings (SSSR count). The van der Waals surface area contributed by atoms with Crippen LogP contribution in [0.1, 0.15) is 26.7 Å². The van der Waals surface area contributed by atoms with Crippen LogP contribution in [0, 0.1) is 0 Å². The molecule has 0 aliphatic rings. The zero-order valence-corrected chi connectivity index (χ0v) is 6.33. The summed E-state index contributed by atoms with van der Waals surface area (Å²) in [6.45, 7) is 5.33. The summed E-state index contributed by atoms with van der Waals surface area (Å²) in [5, 5.41) is 0. The van der Waals surface area contributed by atoms with Crippen molar-refractivity contribution in [3.63, 3.8) is 0 Å². The third-order valence-corrected chi connectivity index (χ3v) is 0.879. The van der Waals surface area contributed by atoms with Gasteiger partial charge in [-0.15, -0.1) is 0 Å². The van der Waals surface area contributed by atoms with E-state index in [-0.39, 0.29) is 12.4 Å². The molecule has 0 spiro atoms. The van der Waals surface area contributed by atoms with Crippen molar-refractivity contribution in [3.8, 4) is 0 Å². The Labute approximate surface area is 57.6 Å². The highest BCUT2D eigenvalue weighted by molar-refractivity contribution is 5.45. The molecule has 0 aromatic heterocycles. The van der Waals surface area contributed by atoms with Gasteiger partial charge in [-0.05, 0) is 0 Å². The lowest BCUT2D eigenvalue weighted by atomic mass is 10.3. The van der Waals surface area contributed by atoms with Gasteiger partial charge in [0.2, 0.25) is 0 Å². The van der Waals surface area contributed by atoms with E-state index in [2.05, 4.69) is 11.9 Å². The summed E-state index contributed by atoms with van der Waals surface area (Å²) >= 11 is 0. The Balaban J connectivity index is 0. The third kappa shape index (κ3) is 9.35. The van der Waals surface area contributed by atoms with E-state index < -0.39 is 0 Å². The molecule has 0 saturated carbocycles. The molecule has 0 bridgehead atoms. The van der Waals surface area contributed by atoms with Crippen LogP contribution in [-0.4, -0.2) is 12.8 Å². The van der Waals surface area contributed by atoms with Crippen LogP contribution < -0.4 is 17.4 Å². The van der Waals surface area contributed by atoms with E-state index in [1.54, 1.807) is 0 Å².